The number of amides is 1. The first-order valence-corrected chi connectivity index (χ1v) is 7.88. The molecule has 0 radical (unpaired) electrons. The fraction of sp³-hybridized carbons (Fsp3) is 0.588. The first-order chi connectivity index (χ1) is 10.2. The zero-order chi connectivity index (χ0) is 15.1. The molecular weight excluding hydrogens is 264 g/mol. The summed E-state index contributed by atoms with van der Waals surface area (Å²) in [6, 6.07) is 7.61. The van der Waals surface area contributed by atoms with E-state index in [1.807, 2.05) is 24.3 Å². The largest absolute Gasteiger partial charge is 0.378 e. The van der Waals surface area contributed by atoms with Gasteiger partial charge in [0.15, 0.2) is 0 Å². The second kappa shape index (κ2) is 8.15. The van der Waals surface area contributed by atoms with E-state index in [9.17, 15) is 4.79 Å². The maximum absolute atomic E-state index is 11.8. The van der Waals surface area contributed by atoms with Crippen LogP contribution in [0.15, 0.2) is 24.3 Å². The molecule has 1 amide bonds. The van der Waals surface area contributed by atoms with E-state index in [0.717, 1.165) is 30.0 Å². The summed E-state index contributed by atoms with van der Waals surface area (Å²) in [4.78, 5) is 11.8. The summed E-state index contributed by atoms with van der Waals surface area (Å²) >= 11 is 0. The lowest BCUT2D eigenvalue weighted by atomic mass is 9.89. The molecule has 0 aromatic heterocycles. The van der Waals surface area contributed by atoms with E-state index in [1.54, 1.807) is 0 Å². The lowest BCUT2D eigenvalue weighted by Crippen LogP contribution is -2.22. The SMILES string of the molecule is CC1CCC(OCCC(=O)Nc2ccc(CN)cc2)CC1. The van der Waals surface area contributed by atoms with Crippen molar-refractivity contribution in [2.45, 2.75) is 51.7 Å². The molecule has 1 saturated carbocycles. The predicted molar refractivity (Wildman–Crippen MR) is 85.0 cm³/mol. The van der Waals surface area contributed by atoms with Gasteiger partial charge in [-0.15, -0.1) is 0 Å². The fourth-order valence-corrected chi connectivity index (χ4v) is 2.66. The Balaban J connectivity index is 1.65. The van der Waals surface area contributed by atoms with Gasteiger partial charge >= 0.3 is 0 Å². The molecule has 4 nitrogen and oxygen atoms in total. The number of anilines is 1. The highest BCUT2D eigenvalue weighted by Crippen LogP contribution is 2.25. The highest BCUT2D eigenvalue weighted by atomic mass is 16.5. The topological polar surface area (TPSA) is 64.3 Å². The average Bonchev–Trinajstić information content (AvgIpc) is 2.50. The van der Waals surface area contributed by atoms with Crippen LogP contribution in [-0.4, -0.2) is 18.6 Å². The van der Waals surface area contributed by atoms with Gasteiger partial charge in [0, 0.05) is 12.2 Å². The van der Waals surface area contributed by atoms with Crippen LogP contribution in [0.2, 0.25) is 0 Å². The minimum Gasteiger partial charge on any atom is -0.378 e. The molecule has 1 aromatic rings. The number of hydrogen-bond donors (Lipinski definition) is 2. The van der Waals surface area contributed by atoms with Crippen LogP contribution in [0, 0.1) is 5.92 Å². The van der Waals surface area contributed by atoms with Crippen LogP contribution in [0.5, 0.6) is 0 Å². The quantitative estimate of drug-likeness (QED) is 0.846. The minimum absolute atomic E-state index is 0.000300. The molecule has 0 unspecified atom stereocenters. The van der Waals surface area contributed by atoms with Crippen molar-refractivity contribution in [3.8, 4) is 0 Å². The first-order valence-electron chi connectivity index (χ1n) is 7.88. The van der Waals surface area contributed by atoms with Gasteiger partial charge in [0.2, 0.25) is 5.91 Å². The predicted octanol–water partition coefficient (Wildman–Crippen LogP) is 3.07. The van der Waals surface area contributed by atoms with E-state index in [4.69, 9.17) is 10.5 Å². The fourth-order valence-electron chi connectivity index (χ4n) is 2.66. The Kier molecular flexibility index (Phi) is 6.21. The molecule has 1 fully saturated rings. The summed E-state index contributed by atoms with van der Waals surface area (Å²) in [5.74, 6) is 0.823. The van der Waals surface area contributed by atoms with E-state index in [0.29, 0.717) is 25.7 Å². The van der Waals surface area contributed by atoms with Crippen molar-refractivity contribution in [1.29, 1.82) is 0 Å². The standard InChI is InChI=1S/C17H26N2O2/c1-13-2-8-16(9-3-13)21-11-10-17(20)19-15-6-4-14(12-18)5-7-15/h4-7,13,16H,2-3,8-12,18H2,1H3,(H,19,20). The summed E-state index contributed by atoms with van der Waals surface area (Å²) in [7, 11) is 0. The zero-order valence-electron chi connectivity index (χ0n) is 12.8. The van der Waals surface area contributed by atoms with Crippen LogP contribution < -0.4 is 11.1 Å². The normalized spacial score (nSPS) is 22.0. The zero-order valence-corrected chi connectivity index (χ0v) is 12.8. The Morgan fingerprint density at radius 2 is 1.90 bits per heavy atom. The van der Waals surface area contributed by atoms with Crippen molar-refractivity contribution in [3.05, 3.63) is 29.8 Å². The molecule has 1 aliphatic carbocycles. The van der Waals surface area contributed by atoms with E-state index in [2.05, 4.69) is 12.2 Å². The molecule has 1 aromatic carbocycles. The summed E-state index contributed by atoms with van der Waals surface area (Å²) in [6.45, 7) is 3.31. The van der Waals surface area contributed by atoms with Crippen LogP contribution in [-0.2, 0) is 16.1 Å². The smallest absolute Gasteiger partial charge is 0.226 e. The summed E-state index contributed by atoms with van der Waals surface area (Å²) in [5, 5.41) is 2.88. The van der Waals surface area contributed by atoms with Gasteiger partial charge in [-0.2, -0.15) is 0 Å². The number of hydrogen-bond acceptors (Lipinski definition) is 3. The van der Waals surface area contributed by atoms with E-state index < -0.39 is 0 Å². The van der Waals surface area contributed by atoms with E-state index in [-0.39, 0.29) is 5.91 Å². The van der Waals surface area contributed by atoms with Crippen LogP contribution in [0.3, 0.4) is 0 Å². The maximum Gasteiger partial charge on any atom is 0.226 e. The summed E-state index contributed by atoms with van der Waals surface area (Å²) < 4.78 is 5.80. The van der Waals surface area contributed by atoms with Gasteiger partial charge < -0.3 is 15.8 Å². The Hall–Kier alpha value is -1.39. The molecule has 0 atom stereocenters. The third kappa shape index (κ3) is 5.48. The first kappa shape index (κ1) is 16.0. The highest BCUT2D eigenvalue weighted by Gasteiger charge is 2.18. The third-order valence-electron chi connectivity index (χ3n) is 4.12. The molecule has 3 N–H and O–H groups in total. The lowest BCUT2D eigenvalue weighted by Gasteiger charge is -2.26. The minimum atomic E-state index is -0.000300. The number of nitrogens with one attached hydrogen (secondary N) is 1. The van der Waals surface area contributed by atoms with Gasteiger partial charge in [-0.1, -0.05) is 19.1 Å². The number of carbonyl (C=O) groups is 1. The molecule has 116 valence electrons. The number of carbonyl (C=O) groups excluding carboxylic acids is 1. The van der Waals surface area contributed by atoms with Crippen molar-refractivity contribution >= 4 is 11.6 Å². The van der Waals surface area contributed by atoms with Crippen molar-refractivity contribution < 1.29 is 9.53 Å². The van der Waals surface area contributed by atoms with Crippen LogP contribution in [0.1, 0.15) is 44.6 Å². The van der Waals surface area contributed by atoms with Crippen LogP contribution >= 0.6 is 0 Å². The summed E-state index contributed by atoms with van der Waals surface area (Å²) in [6.07, 6.45) is 5.49. The highest BCUT2D eigenvalue weighted by molar-refractivity contribution is 5.90. The van der Waals surface area contributed by atoms with Gasteiger partial charge in [-0.05, 0) is 49.3 Å². The average molecular weight is 290 g/mol. The second-order valence-electron chi connectivity index (χ2n) is 5.95. The van der Waals surface area contributed by atoms with Crippen LogP contribution in [0.25, 0.3) is 0 Å². The Morgan fingerprint density at radius 3 is 2.52 bits per heavy atom. The molecule has 0 spiro atoms. The molecule has 0 bridgehead atoms. The third-order valence-corrected chi connectivity index (χ3v) is 4.12. The second-order valence-corrected chi connectivity index (χ2v) is 5.95. The van der Waals surface area contributed by atoms with Gasteiger partial charge in [-0.3, -0.25) is 4.79 Å². The molecule has 0 aliphatic heterocycles. The maximum atomic E-state index is 11.8. The Bertz CT molecular complexity index is 437. The molecule has 21 heavy (non-hydrogen) atoms. The number of benzene rings is 1. The summed E-state index contributed by atoms with van der Waals surface area (Å²) in [5.41, 5.74) is 7.41. The van der Waals surface area contributed by atoms with Gasteiger partial charge in [-0.25, -0.2) is 0 Å². The monoisotopic (exact) mass is 290 g/mol. The lowest BCUT2D eigenvalue weighted by molar-refractivity contribution is -0.117. The molecular formula is C17H26N2O2. The Morgan fingerprint density at radius 1 is 1.24 bits per heavy atom. The van der Waals surface area contributed by atoms with E-state index >= 15 is 0 Å². The molecule has 0 heterocycles. The van der Waals surface area contributed by atoms with Crippen molar-refractivity contribution in [2.75, 3.05) is 11.9 Å². The van der Waals surface area contributed by atoms with Gasteiger partial charge in [0.1, 0.15) is 0 Å². The van der Waals surface area contributed by atoms with Crippen molar-refractivity contribution in [2.24, 2.45) is 11.7 Å². The Labute approximate surface area is 127 Å². The molecule has 4 heteroatoms. The van der Waals surface area contributed by atoms with Gasteiger partial charge in [0.05, 0.1) is 19.1 Å². The number of rotatable bonds is 6. The molecule has 1 aliphatic rings. The number of ether oxygens (including phenoxy) is 1. The van der Waals surface area contributed by atoms with Crippen molar-refractivity contribution in [3.63, 3.8) is 0 Å². The number of nitrogens with two attached hydrogens (primary N) is 1. The molecule has 0 saturated heterocycles. The van der Waals surface area contributed by atoms with Crippen LogP contribution in [0.4, 0.5) is 5.69 Å². The van der Waals surface area contributed by atoms with E-state index in [1.165, 1.54) is 12.8 Å². The molecule has 2 rings (SSSR count). The van der Waals surface area contributed by atoms with Gasteiger partial charge in [0.25, 0.3) is 0 Å². The van der Waals surface area contributed by atoms with Crippen molar-refractivity contribution in [1.82, 2.24) is 0 Å².